The van der Waals surface area contributed by atoms with Gasteiger partial charge in [-0.15, -0.1) is 28.1 Å². The predicted molar refractivity (Wildman–Crippen MR) is 122 cm³/mol. The minimum Gasteiger partial charge on any atom is -0.486 e. The summed E-state index contributed by atoms with van der Waals surface area (Å²) in [7, 11) is 1.78. The maximum Gasteiger partial charge on any atom is 0.233 e. The average Bonchev–Trinajstić information content (AvgIpc) is 3.30. The molecule has 0 unspecified atom stereocenters. The fraction of sp³-hybridized carbons (Fsp3) is 0.286. The Hall–Kier alpha value is -2.29. The van der Waals surface area contributed by atoms with Gasteiger partial charge in [-0.25, -0.2) is 0 Å². The maximum absolute atomic E-state index is 12.5. The van der Waals surface area contributed by atoms with Crippen LogP contribution in [-0.4, -0.2) is 38.4 Å². The lowest BCUT2D eigenvalue weighted by Gasteiger charge is -2.16. The van der Waals surface area contributed by atoms with E-state index in [4.69, 9.17) is 16.3 Å². The molecule has 0 bridgehead atoms. The number of carbonyl (C=O) groups excluding carboxylic acids is 1. The second-order valence-corrected chi connectivity index (χ2v) is 9.39. The quantitative estimate of drug-likeness (QED) is 0.319. The van der Waals surface area contributed by atoms with Crippen molar-refractivity contribution in [3.8, 4) is 5.75 Å². The zero-order valence-corrected chi connectivity index (χ0v) is 19.3. The van der Waals surface area contributed by atoms with Gasteiger partial charge in [-0.3, -0.25) is 9.36 Å². The SMILES string of the molecule is C=CCn1c(COc2cccc(C)c2)nnc1SCC(=O)N(C)Cc1ccc(Cl)s1. The zero-order valence-electron chi connectivity index (χ0n) is 16.9. The molecule has 6 nitrogen and oxygen atoms in total. The Kier molecular flexibility index (Phi) is 7.95. The number of aromatic nitrogens is 3. The number of hydrogen-bond donors (Lipinski definition) is 0. The monoisotopic (exact) mass is 462 g/mol. The van der Waals surface area contributed by atoms with Crippen LogP contribution >= 0.6 is 34.7 Å². The second-order valence-electron chi connectivity index (χ2n) is 6.65. The number of allylic oxidation sites excluding steroid dienone is 1. The second kappa shape index (κ2) is 10.7. The highest BCUT2D eigenvalue weighted by Gasteiger charge is 2.16. The summed E-state index contributed by atoms with van der Waals surface area (Å²) < 4.78 is 8.49. The van der Waals surface area contributed by atoms with Crippen LogP contribution in [-0.2, 0) is 24.5 Å². The number of nitrogens with zero attached hydrogens (tertiary/aromatic N) is 4. The van der Waals surface area contributed by atoms with Crippen molar-refractivity contribution in [2.45, 2.75) is 31.8 Å². The molecule has 0 spiro atoms. The summed E-state index contributed by atoms with van der Waals surface area (Å²) in [5.74, 6) is 1.75. The molecule has 1 aromatic carbocycles. The van der Waals surface area contributed by atoms with Crippen LogP contribution in [0.3, 0.4) is 0 Å². The van der Waals surface area contributed by atoms with Gasteiger partial charge in [0.1, 0.15) is 12.4 Å². The highest BCUT2D eigenvalue weighted by atomic mass is 35.5. The van der Waals surface area contributed by atoms with Gasteiger partial charge >= 0.3 is 0 Å². The number of carbonyl (C=O) groups is 1. The van der Waals surface area contributed by atoms with E-state index in [1.54, 1.807) is 18.0 Å². The van der Waals surface area contributed by atoms with Crippen molar-refractivity contribution >= 4 is 40.6 Å². The molecule has 0 aliphatic heterocycles. The molecule has 3 rings (SSSR count). The lowest BCUT2D eigenvalue weighted by molar-refractivity contribution is -0.127. The molecule has 0 saturated heterocycles. The molecule has 0 aliphatic carbocycles. The molecule has 0 N–H and O–H groups in total. The van der Waals surface area contributed by atoms with Crippen molar-refractivity contribution in [3.05, 3.63) is 69.7 Å². The number of benzene rings is 1. The third-order valence-electron chi connectivity index (χ3n) is 4.23. The fourth-order valence-corrected chi connectivity index (χ4v) is 4.74. The molecule has 9 heteroatoms. The summed E-state index contributed by atoms with van der Waals surface area (Å²) in [6, 6.07) is 11.6. The zero-order chi connectivity index (χ0) is 21.5. The van der Waals surface area contributed by atoms with E-state index in [-0.39, 0.29) is 18.3 Å². The van der Waals surface area contributed by atoms with Gasteiger partial charge in [0.25, 0.3) is 0 Å². The Morgan fingerprint density at radius 2 is 2.20 bits per heavy atom. The van der Waals surface area contributed by atoms with E-state index >= 15 is 0 Å². The number of halogens is 1. The summed E-state index contributed by atoms with van der Waals surface area (Å²) in [5, 5.41) is 9.16. The van der Waals surface area contributed by atoms with Crippen LogP contribution in [0, 0.1) is 6.92 Å². The molecule has 3 aromatic rings. The summed E-state index contributed by atoms with van der Waals surface area (Å²) in [6.45, 7) is 7.19. The first-order chi connectivity index (χ1) is 14.5. The van der Waals surface area contributed by atoms with E-state index in [9.17, 15) is 4.79 Å². The molecule has 1 amide bonds. The summed E-state index contributed by atoms with van der Waals surface area (Å²) >= 11 is 8.80. The normalized spacial score (nSPS) is 10.8. The Bertz CT molecular complexity index is 1020. The maximum atomic E-state index is 12.5. The lowest BCUT2D eigenvalue weighted by Crippen LogP contribution is -2.27. The Balaban J connectivity index is 1.59. The lowest BCUT2D eigenvalue weighted by atomic mass is 10.2. The molecule has 30 heavy (non-hydrogen) atoms. The van der Waals surface area contributed by atoms with Gasteiger partial charge < -0.3 is 9.64 Å². The van der Waals surface area contributed by atoms with Crippen molar-refractivity contribution in [2.24, 2.45) is 0 Å². The van der Waals surface area contributed by atoms with Gasteiger partial charge in [-0.1, -0.05) is 41.6 Å². The van der Waals surface area contributed by atoms with Crippen LogP contribution in [0.5, 0.6) is 5.75 Å². The molecule has 2 aromatic heterocycles. The van der Waals surface area contributed by atoms with E-state index in [0.29, 0.717) is 24.1 Å². The van der Waals surface area contributed by atoms with Gasteiger partial charge in [0, 0.05) is 18.5 Å². The average molecular weight is 463 g/mol. The Morgan fingerprint density at radius 1 is 1.37 bits per heavy atom. The van der Waals surface area contributed by atoms with Crippen LogP contribution in [0.2, 0.25) is 4.34 Å². The van der Waals surface area contributed by atoms with Crippen molar-refractivity contribution in [2.75, 3.05) is 12.8 Å². The molecule has 0 radical (unpaired) electrons. The largest absolute Gasteiger partial charge is 0.486 e. The van der Waals surface area contributed by atoms with Gasteiger partial charge in [0.2, 0.25) is 5.91 Å². The van der Waals surface area contributed by atoms with Gasteiger partial charge in [-0.2, -0.15) is 0 Å². The van der Waals surface area contributed by atoms with Crippen LogP contribution in [0.1, 0.15) is 16.3 Å². The van der Waals surface area contributed by atoms with Gasteiger partial charge in [0.15, 0.2) is 11.0 Å². The molecule has 158 valence electrons. The third kappa shape index (κ3) is 6.10. The summed E-state index contributed by atoms with van der Waals surface area (Å²) in [5.41, 5.74) is 1.13. The first kappa shape index (κ1) is 22.4. The minimum atomic E-state index is 0.00948. The van der Waals surface area contributed by atoms with E-state index in [2.05, 4.69) is 16.8 Å². The van der Waals surface area contributed by atoms with Crippen LogP contribution in [0.15, 0.2) is 54.2 Å². The van der Waals surface area contributed by atoms with Crippen molar-refractivity contribution in [1.82, 2.24) is 19.7 Å². The number of thiophene rings is 1. The standard InChI is InChI=1S/C21H23ClN4O2S2/c1-4-10-26-19(13-28-16-7-5-6-15(2)11-16)23-24-21(26)29-14-20(27)25(3)12-17-8-9-18(22)30-17/h4-9,11H,1,10,12-14H2,2-3H3. The van der Waals surface area contributed by atoms with E-state index < -0.39 is 0 Å². The molecule has 2 heterocycles. The number of thioether (sulfide) groups is 1. The molecule has 0 aliphatic rings. The fourth-order valence-electron chi connectivity index (χ4n) is 2.69. The Labute approximate surface area is 189 Å². The highest BCUT2D eigenvalue weighted by molar-refractivity contribution is 7.99. The van der Waals surface area contributed by atoms with Crippen LogP contribution in [0.25, 0.3) is 0 Å². The van der Waals surface area contributed by atoms with E-state index in [0.717, 1.165) is 20.5 Å². The third-order valence-corrected chi connectivity index (χ3v) is 6.40. The van der Waals surface area contributed by atoms with Gasteiger partial charge in [-0.05, 0) is 36.8 Å². The number of rotatable bonds is 10. The molecular formula is C21H23ClN4O2S2. The summed E-state index contributed by atoms with van der Waals surface area (Å²) in [6.07, 6.45) is 1.78. The number of hydrogen-bond acceptors (Lipinski definition) is 6. The number of aryl methyl sites for hydroxylation is 1. The minimum absolute atomic E-state index is 0.00948. The van der Waals surface area contributed by atoms with Gasteiger partial charge in [0.05, 0.1) is 16.6 Å². The van der Waals surface area contributed by atoms with Crippen LogP contribution in [0.4, 0.5) is 0 Å². The first-order valence-corrected chi connectivity index (χ1v) is 11.5. The highest BCUT2D eigenvalue weighted by Crippen LogP contribution is 2.23. The molecule has 0 atom stereocenters. The number of amides is 1. The summed E-state index contributed by atoms with van der Waals surface area (Å²) in [4.78, 5) is 15.3. The topological polar surface area (TPSA) is 60.2 Å². The van der Waals surface area contributed by atoms with Crippen molar-refractivity contribution in [1.29, 1.82) is 0 Å². The smallest absolute Gasteiger partial charge is 0.233 e. The Morgan fingerprint density at radius 3 is 2.90 bits per heavy atom. The van der Waals surface area contributed by atoms with Crippen LogP contribution < -0.4 is 4.74 Å². The first-order valence-electron chi connectivity index (χ1n) is 9.29. The molecule has 0 saturated carbocycles. The van der Waals surface area contributed by atoms with Crippen molar-refractivity contribution in [3.63, 3.8) is 0 Å². The van der Waals surface area contributed by atoms with E-state index in [1.165, 1.54) is 23.1 Å². The number of ether oxygens (including phenoxy) is 1. The molecular weight excluding hydrogens is 440 g/mol. The van der Waals surface area contributed by atoms with E-state index in [1.807, 2.05) is 47.9 Å². The predicted octanol–water partition coefficient (Wildman–Crippen LogP) is 4.82. The van der Waals surface area contributed by atoms with Crippen molar-refractivity contribution < 1.29 is 9.53 Å². The molecule has 0 fully saturated rings.